The van der Waals surface area contributed by atoms with Crippen molar-refractivity contribution in [1.82, 2.24) is 0 Å². The Morgan fingerprint density at radius 2 is 2.17 bits per heavy atom. The highest BCUT2D eigenvalue weighted by molar-refractivity contribution is 5.94. The van der Waals surface area contributed by atoms with Crippen LogP contribution in [0.25, 0.3) is 0 Å². The van der Waals surface area contributed by atoms with Crippen LogP contribution >= 0.6 is 0 Å². The fraction of sp³-hybridized carbons (Fsp3) is 0.467. The Morgan fingerprint density at radius 3 is 2.83 bits per heavy atom. The van der Waals surface area contributed by atoms with E-state index >= 15 is 0 Å². The van der Waals surface area contributed by atoms with Crippen LogP contribution in [0, 0.1) is 5.92 Å². The second-order valence-corrected chi connectivity index (χ2v) is 4.95. The SMILES string of the molecule is CC(=O)c1cccc([C@H](O)[C@@H]2CCCCC2=O)c1. The summed E-state index contributed by atoms with van der Waals surface area (Å²) in [5.74, 6) is -0.193. The van der Waals surface area contributed by atoms with Crippen LogP contribution in [0.1, 0.15) is 54.6 Å². The largest absolute Gasteiger partial charge is 0.388 e. The average molecular weight is 246 g/mol. The monoisotopic (exact) mass is 246 g/mol. The van der Waals surface area contributed by atoms with Gasteiger partial charge in [-0.15, -0.1) is 0 Å². The van der Waals surface area contributed by atoms with E-state index in [2.05, 4.69) is 0 Å². The third kappa shape index (κ3) is 2.67. The third-order valence-electron chi connectivity index (χ3n) is 3.62. The van der Waals surface area contributed by atoms with Crippen molar-refractivity contribution >= 4 is 11.6 Å². The number of hydrogen-bond acceptors (Lipinski definition) is 3. The summed E-state index contributed by atoms with van der Waals surface area (Å²) in [5, 5.41) is 10.3. The van der Waals surface area contributed by atoms with Crippen molar-refractivity contribution in [3.8, 4) is 0 Å². The molecule has 1 aliphatic rings. The normalized spacial score (nSPS) is 21.7. The number of aliphatic hydroxyl groups excluding tert-OH is 1. The first-order valence-corrected chi connectivity index (χ1v) is 6.41. The quantitative estimate of drug-likeness (QED) is 0.834. The van der Waals surface area contributed by atoms with E-state index < -0.39 is 6.10 Å². The lowest BCUT2D eigenvalue weighted by atomic mass is 9.81. The lowest BCUT2D eigenvalue weighted by Gasteiger charge is -2.25. The van der Waals surface area contributed by atoms with Gasteiger partial charge in [-0.05, 0) is 31.4 Å². The lowest BCUT2D eigenvalue weighted by molar-refractivity contribution is -0.128. The molecule has 96 valence electrons. The molecule has 1 aromatic carbocycles. The highest BCUT2D eigenvalue weighted by Gasteiger charge is 2.30. The maximum Gasteiger partial charge on any atom is 0.159 e. The van der Waals surface area contributed by atoms with Gasteiger partial charge >= 0.3 is 0 Å². The maximum absolute atomic E-state index is 11.8. The van der Waals surface area contributed by atoms with Gasteiger partial charge in [-0.3, -0.25) is 9.59 Å². The minimum atomic E-state index is -0.780. The number of carbonyl (C=O) groups excluding carboxylic acids is 2. The van der Waals surface area contributed by atoms with E-state index in [1.165, 1.54) is 6.92 Å². The van der Waals surface area contributed by atoms with Gasteiger partial charge in [0, 0.05) is 17.9 Å². The Balaban J connectivity index is 2.22. The van der Waals surface area contributed by atoms with E-state index in [1.807, 2.05) is 0 Å². The van der Waals surface area contributed by atoms with E-state index in [4.69, 9.17) is 0 Å². The molecular formula is C15H18O3. The Kier molecular flexibility index (Phi) is 3.92. The van der Waals surface area contributed by atoms with Gasteiger partial charge < -0.3 is 5.11 Å². The standard InChI is InChI=1S/C15H18O3/c1-10(16)11-5-4-6-12(9-11)15(18)13-7-2-3-8-14(13)17/h4-6,9,13,15,18H,2-3,7-8H2,1H3/t13-,15+/m1/s1. The molecule has 1 aromatic rings. The molecular weight excluding hydrogens is 228 g/mol. The van der Waals surface area contributed by atoms with Crippen molar-refractivity contribution in [2.24, 2.45) is 5.92 Å². The van der Waals surface area contributed by atoms with Gasteiger partial charge in [-0.2, -0.15) is 0 Å². The van der Waals surface area contributed by atoms with Crippen LogP contribution in [0.15, 0.2) is 24.3 Å². The molecule has 0 bridgehead atoms. The lowest BCUT2D eigenvalue weighted by Crippen LogP contribution is -2.25. The molecule has 0 spiro atoms. The molecule has 0 saturated heterocycles. The van der Waals surface area contributed by atoms with Gasteiger partial charge in [0.2, 0.25) is 0 Å². The molecule has 3 heteroatoms. The summed E-state index contributed by atoms with van der Waals surface area (Å²) in [7, 11) is 0. The van der Waals surface area contributed by atoms with Crippen LogP contribution in [-0.2, 0) is 4.79 Å². The van der Waals surface area contributed by atoms with E-state index in [0.717, 1.165) is 19.3 Å². The molecule has 1 fully saturated rings. The van der Waals surface area contributed by atoms with Crippen LogP contribution in [0.4, 0.5) is 0 Å². The Bertz CT molecular complexity index is 465. The summed E-state index contributed by atoms with van der Waals surface area (Å²) >= 11 is 0. The number of benzene rings is 1. The number of ketones is 2. The van der Waals surface area contributed by atoms with Crippen molar-refractivity contribution in [1.29, 1.82) is 0 Å². The van der Waals surface area contributed by atoms with E-state index in [0.29, 0.717) is 17.5 Å². The molecule has 0 aromatic heterocycles. The molecule has 0 heterocycles. The summed E-state index contributed by atoms with van der Waals surface area (Å²) < 4.78 is 0. The van der Waals surface area contributed by atoms with Crippen molar-refractivity contribution in [3.05, 3.63) is 35.4 Å². The van der Waals surface area contributed by atoms with Crippen LogP contribution in [-0.4, -0.2) is 16.7 Å². The smallest absolute Gasteiger partial charge is 0.159 e. The fourth-order valence-corrected chi connectivity index (χ4v) is 2.52. The highest BCUT2D eigenvalue weighted by Crippen LogP contribution is 2.32. The number of aliphatic hydroxyl groups is 1. The zero-order valence-electron chi connectivity index (χ0n) is 10.6. The minimum absolute atomic E-state index is 0.0287. The summed E-state index contributed by atoms with van der Waals surface area (Å²) in [6.45, 7) is 1.50. The molecule has 0 amide bonds. The molecule has 1 aliphatic carbocycles. The maximum atomic E-state index is 11.8. The Morgan fingerprint density at radius 1 is 1.39 bits per heavy atom. The van der Waals surface area contributed by atoms with Gasteiger partial charge in [0.15, 0.2) is 5.78 Å². The van der Waals surface area contributed by atoms with Crippen molar-refractivity contribution in [2.75, 3.05) is 0 Å². The van der Waals surface area contributed by atoms with Crippen LogP contribution in [0.3, 0.4) is 0 Å². The Labute approximate surface area is 107 Å². The van der Waals surface area contributed by atoms with Gasteiger partial charge in [-0.1, -0.05) is 24.6 Å². The van der Waals surface area contributed by atoms with Gasteiger partial charge in [0.1, 0.15) is 5.78 Å². The fourth-order valence-electron chi connectivity index (χ4n) is 2.52. The number of hydrogen-bond donors (Lipinski definition) is 1. The molecule has 0 aliphatic heterocycles. The van der Waals surface area contributed by atoms with Gasteiger partial charge in [0.25, 0.3) is 0 Å². The van der Waals surface area contributed by atoms with E-state index in [-0.39, 0.29) is 17.5 Å². The third-order valence-corrected chi connectivity index (χ3v) is 3.62. The first kappa shape index (κ1) is 13.0. The van der Waals surface area contributed by atoms with Crippen molar-refractivity contribution in [3.63, 3.8) is 0 Å². The van der Waals surface area contributed by atoms with Crippen molar-refractivity contribution < 1.29 is 14.7 Å². The summed E-state index contributed by atoms with van der Waals surface area (Å²) in [5.41, 5.74) is 1.25. The molecule has 1 saturated carbocycles. The predicted molar refractivity (Wildman–Crippen MR) is 68.4 cm³/mol. The van der Waals surface area contributed by atoms with E-state index in [9.17, 15) is 14.7 Å². The van der Waals surface area contributed by atoms with Crippen LogP contribution in [0.2, 0.25) is 0 Å². The van der Waals surface area contributed by atoms with E-state index in [1.54, 1.807) is 24.3 Å². The summed E-state index contributed by atoms with van der Waals surface area (Å²) in [6, 6.07) is 6.94. The first-order valence-electron chi connectivity index (χ1n) is 6.41. The molecule has 18 heavy (non-hydrogen) atoms. The number of Topliss-reactive ketones (excluding diaryl/α,β-unsaturated/α-hetero) is 2. The second kappa shape index (κ2) is 5.44. The minimum Gasteiger partial charge on any atom is -0.388 e. The second-order valence-electron chi connectivity index (χ2n) is 4.95. The van der Waals surface area contributed by atoms with Gasteiger partial charge in [0.05, 0.1) is 6.10 Å². The predicted octanol–water partition coefficient (Wildman–Crippen LogP) is 2.68. The zero-order chi connectivity index (χ0) is 13.1. The summed E-state index contributed by atoms with van der Waals surface area (Å²) in [6.07, 6.45) is 2.44. The topological polar surface area (TPSA) is 54.4 Å². The molecule has 0 unspecified atom stereocenters. The molecule has 2 rings (SSSR count). The van der Waals surface area contributed by atoms with Crippen molar-refractivity contribution in [2.45, 2.75) is 38.7 Å². The first-order chi connectivity index (χ1) is 8.59. The van der Waals surface area contributed by atoms with Crippen LogP contribution in [0.5, 0.6) is 0 Å². The molecule has 0 radical (unpaired) electrons. The molecule has 3 nitrogen and oxygen atoms in total. The average Bonchev–Trinajstić information content (AvgIpc) is 2.38. The molecule has 1 N–H and O–H groups in total. The zero-order valence-corrected chi connectivity index (χ0v) is 10.6. The highest BCUT2D eigenvalue weighted by atomic mass is 16.3. The number of carbonyl (C=O) groups is 2. The summed E-state index contributed by atoms with van der Waals surface area (Å²) in [4.78, 5) is 23.1. The van der Waals surface area contributed by atoms with Crippen LogP contribution < -0.4 is 0 Å². The van der Waals surface area contributed by atoms with Gasteiger partial charge in [-0.25, -0.2) is 0 Å². The number of rotatable bonds is 3. The Hall–Kier alpha value is -1.48. The molecule has 2 atom stereocenters.